The molecule has 8 heteroatoms. The van der Waals surface area contributed by atoms with Crippen molar-refractivity contribution < 1.29 is 27.1 Å². The van der Waals surface area contributed by atoms with Gasteiger partial charge >= 0.3 is 0 Å². The zero-order chi connectivity index (χ0) is 15.5. The van der Waals surface area contributed by atoms with Crippen LogP contribution < -0.4 is 0 Å². The van der Waals surface area contributed by atoms with E-state index in [0.717, 1.165) is 4.68 Å². The first-order chi connectivity index (χ1) is 9.82. The van der Waals surface area contributed by atoms with E-state index in [9.17, 15) is 27.1 Å². The van der Waals surface area contributed by atoms with Gasteiger partial charge in [-0.3, -0.25) is 4.68 Å². The predicted molar refractivity (Wildman–Crippen MR) is 63.6 cm³/mol. The lowest BCUT2D eigenvalue weighted by atomic mass is 9.90. The molecule has 0 amide bonds. The Hall–Kier alpha value is -1.18. The molecule has 1 aromatic rings. The highest BCUT2D eigenvalue weighted by Gasteiger charge is 2.48. The minimum atomic E-state index is -2.20. The second-order valence-corrected chi connectivity index (χ2v) is 5.72. The van der Waals surface area contributed by atoms with Gasteiger partial charge in [-0.05, 0) is 6.92 Å². The van der Waals surface area contributed by atoms with E-state index in [1.54, 1.807) is 0 Å². The van der Waals surface area contributed by atoms with Crippen LogP contribution in [0.15, 0.2) is 0 Å². The normalized spacial score (nSPS) is 43.1. The van der Waals surface area contributed by atoms with E-state index in [1.807, 2.05) is 0 Å². The largest absolute Gasteiger partial charge is 0.385 e. The summed E-state index contributed by atoms with van der Waals surface area (Å²) < 4.78 is 68.8. The van der Waals surface area contributed by atoms with Crippen molar-refractivity contribution in [1.82, 2.24) is 9.78 Å². The number of alkyl halides is 5. The molecule has 0 saturated heterocycles. The second kappa shape index (κ2) is 4.93. The molecule has 0 aromatic carbocycles. The maximum atomic E-state index is 14.0. The van der Waals surface area contributed by atoms with Crippen molar-refractivity contribution >= 4 is 0 Å². The van der Waals surface area contributed by atoms with Crippen LogP contribution in [0.25, 0.3) is 0 Å². The van der Waals surface area contributed by atoms with Gasteiger partial charge in [0.2, 0.25) is 0 Å². The third-order valence-corrected chi connectivity index (χ3v) is 4.34. The van der Waals surface area contributed by atoms with E-state index in [1.165, 1.54) is 6.92 Å². The van der Waals surface area contributed by atoms with E-state index in [4.69, 9.17) is 0 Å². The van der Waals surface area contributed by atoms with Crippen molar-refractivity contribution in [2.45, 2.75) is 62.8 Å². The van der Waals surface area contributed by atoms with Crippen molar-refractivity contribution in [3.05, 3.63) is 17.0 Å². The maximum absolute atomic E-state index is 14.0. The van der Waals surface area contributed by atoms with Crippen LogP contribution in [-0.2, 0) is 0 Å². The SMILES string of the molecule is Cc1nn([C@@H]2C[C@@H](F)[C@@H](F)[C@@H](F)C2)c2c1[C@H](O)[C@H](F)[C@@H]2F. The molecule has 1 saturated carbocycles. The molecule has 1 fully saturated rings. The molecule has 0 radical (unpaired) electrons. The lowest BCUT2D eigenvalue weighted by Crippen LogP contribution is -2.38. The fraction of sp³-hybridized carbons (Fsp3) is 0.769. The predicted octanol–water partition coefficient (Wildman–Crippen LogP) is 2.94. The number of hydrogen-bond acceptors (Lipinski definition) is 2. The third kappa shape index (κ3) is 2.06. The standard InChI is InChI=1S/C13H15F5N2O/c1-4-8-12(10(17)11(18)13(8)21)20(19-4)5-2-6(14)9(16)7(15)3-5/h5-7,9-11,13,21H,2-3H2,1H3/t5-,6-,7+,9-,10-,11+,13-/m0/s1. The monoisotopic (exact) mass is 310 g/mol. The van der Waals surface area contributed by atoms with Crippen LogP contribution >= 0.6 is 0 Å². The topological polar surface area (TPSA) is 38.0 Å². The van der Waals surface area contributed by atoms with Crippen LogP contribution in [0.3, 0.4) is 0 Å². The minimum Gasteiger partial charge on any atom is -0.385 e. The number of nitrogens with zero attached hydrogens (tertiary/aromatic N) is 2. The molecule has 0 spiro atoms. The summed E-state index contributed by atoms with van der Waals surface area (Å²) in [6.45, 7) is 1.46. The molecular formula is C13H15F5N2O. The molecule has 118 valence electrons. The summed E-state index contributed by atoms with van der Waals surface area (Å²) >= 11 is 0. The van der Waals surface area contributed by atoms with Crippen LogP contribution in [0.2, 0.25) is 0 Å². The minimum absolute atomic E-state index is 0.0307. The maximum Gasteiger partial charge on any atom is 0.176 e. The zero-order valence-corrected chi connectivity index (χ0v) is 11.2. The highest BCUT2D eigenvalue weighted by molar-refractivity contribution is 5.37. The van der Waals surface area contributed by atoms with Crippen molar-refractivity contribution in [3.63, 3.8) is 0 Å². The average Bonchev–Trinajstić information content (AvgIpc) is 2.88. The molecule has 2 aliphatic rings. The molecule has 1 heterocycles. The quantitative estimate of drug-likeness (QED) is 0.810. The first kappa shape index (κ1) is 14.7. The second-order valence-electron chi connectivity index (χ2n) is 5.72. The molecule has 1 aromatic heterocycles. The summed E-state index contributed by atoms with van der Waals surface area (Å²) in [6.07, 6.45) is -12.8. The third-order valence-electron chi connectivity index (χ3n) is 4.34. The van der Waals surface area contributed by atoms with E-state index in [2.05, 4.69) is 5.10 Å². The van der Waals surface area contributed by atoms with Gasteiger partial charge < -0.3 is 5.11 Å². The molecule has 0 aliphatic heterocycles. The van der Waals surface area contributed by atoms with Crippen molar-refractivity contribution in [1.29, 1.82) is 0 Å². The molecule has 0 bridgehead atoms. The van der Waals surface area contributed by atoms with Gasteiger partial charge in [0, 0.05) is 18.4 Å². The van der Waals surface area contributed by atoms with Gasteiger partial charge in [-0.25, -0.2) is 22.0 Å². The Kier molecular flexibility index (Phi) is 3.46. The van der Waals surface area contributed by atoms with Crippen LogP contribution in [0.4, 0.5) is 22.0 Å². The summed E-state index contributed by atoms with van der Waals surface area (Å²) in [5.74, 6) is 0. The molecule has 7 atom stereocenters. The van der Waals surface area contributed by atoms with Gasteiger partial charge in [-0.1, -0.05) is 0 Å². The van der Waals surface area contributed by atoms with Crippen molar-refractivity contribution in [2.24, 2.45) is 0 Å². The van der Waals surface area contributed by atoms with E-state index < -0.39 is 43.0 Å². The number of aliphatic hydroxyl groups is 1. The number of hydrogen-bond donors (Lipinski definition) is 1. The van der Waals surface area contributed by atoms with E-state index in [0.29, 0.717) is 0 Å². The number of fused-ring (bicyclic) bond motifs is 1. The van der Waals surface area contributed by atoms with E-state index in [-0.39, 0.29) is 29.8 Å². The Bertz CT molecular complexity index is 539. The Balaban J connectivity index is 1.98. The molecule has 3 rings (SSSR count). The number of aromatic nitrogens is 2. The van der Waals surface area contributed by atoms with Gasteiger partial charge in [0.25, 0.3) is 0 Å². The molecule has 1 N–H and O–H groups in total. The fourth-order valence-corrected chi connectivity index (χ4v) is 3.27. The van der Waals surface area contributed by atoms with E-state index >= 15 is 0 Å². The van der Waals surface area contributed by atoms with Gasteiger partial charge in [0.05, 0.1) is 17.4 Å². The highest BCUT2D eigenvalue weighted by atomic mass is 19.2. The van der Waals surface area contributed by atoms with Gasteiger partial charge in [0.15, 0.2) is 18.5 Å². The molecule has 3 nitrogen and oxygen atoms in total. The summed E-state index contributed by atoms with van der Waals surface area (Å²) in [4.78, 5) is 0. The molecule has 2 aliphatic carbocycles. The first-order valence-electron chi connectivity index (χ1n) is 6.80. The van der Waals surface area contributed by atoms with Crippen molar-refractivity contribution in [3.8, 4) is 0 Å². The number of halogens is 5. The lowest BCUT2D eigenvalue weighted by Gasteiger charge is -2.31. The van der Waals surface area contributed by atoms with Crippen molar-refractivity contribution in [2.75, 3.05) is 0 Å². The molecule has 21 heavy (non-hydrogen) atoms. The summed E-state index contributed by atoms with van der Waals surface area (Å²) in [6, 6.07) is -0.889. The Labute approximate surface area is 117 Å². The summed E-state index contributed by atoms with van der Waals surface area (Å²) in [5, 5.41) is 13.7. The highest BCUT2D eigenvalue weighted by Crippen LogP contribution is 2.47. The fourth-order valence-electron chi connectivity index (χ4n) is 3.27. The van der Waals surface area contributed by atoms with Crippen LogP contribution in [0, 0.1) is 6.92 Å². The van der Waals surface area contributed by atoms with Crippen LogP contribution in [0.5, 0.6) is 0 Å². The van der Waals surface area contributed by atoms with Gasteiger partial charge in [-0.15, -0.1) is 0 Å². The first-order valence-corrected chi connectivity index (χ1v) is 6.80. The lowest BCUT2D eigenvalue weighted by molar-refractivity contribution is 0.0148. The number of rotatable bonds is 1. The number of aryl methyl sites for hydroxylation is 1. The van der Waals surface area contributed by atoms with Crippen LogP contribution in [0.1, 0.15) is 48.1 Å². The summed E-state index contributed by atoms with van der Waals surface area (Å²) in [7, 11) is 0. The average molecular weight is 310 g/mol. The van der Waals surface area contributed by atoms with Gasteiger partial charge in [0.1, 0.15) is 18.4 Å². The Morgan fingerprint density at radius 2 is 1.62 bits per heavy atom. The molecular weight excluding hydrogens is 295 g/mol. The number of aliphatic hydroxyl groups excluding tert-OH is 1. The summed E-state index contributed by atoms with van der Waals surface area (Å²) in [5.41, 5.74) is 0.0610. The Morgan fingerprint density at radius 1 is 1.05 bits per heavy atom. The Morgan fingerprint density at radius 3 is 2.19 bits per heavy atom. The molecule has 0 unspecified atom stereocenters. The van der Waals surface area contributed by atoms with Gasteiger partial charge in [-0.2, -0.15) is 5.10 Å². The van der Waals surface area contributed by atoms with Crippen LogP contribution in [-0.4, -0.2) is 39.6 Å². The smallest absolute Gasteiger partial charge is 0.176 e. The zero-order valence-electron chi connectivity index (χ0n) is 11.2.